The van der Waals surface area contributed by atoms with E-state index in [1.807, 2.05) is 24.4 Å². The molecule has 0 radical (unpaired) electrons. The topological polar surface area (TPSA) is 135 Å². The third kappa shape index (κ3) is 4.75. The van der Waals surface area contributed by atoms with Crippen molar-refractivity contribution in [3.63, 3.8) is 0 Å². The zero-order valence-corrected chi connectivity index (χ0v) is 20.0. The summed E-state index contributed by atoms with van der Waals surface area (Å²) < 4.78 is 5.63. The van der Waals surface area contributed by atoms with E-state index in [1.165, 1.54) is 16.7 Å². The van der Waals surface area contributed by atoms with Gasteiger partial charge in [-0.1, -0.05) is 5.21 Å². The highest BCUT2D eigenvalue weighted by molar-refractivity contribution is 5.93. The van der Waals surface area contributed by atoms with Crippen LogP contribution in [0.5, 0.6) is 5.75 Å². The molecule has 4 heterocycles. The number of piperidine rings is 1. The Bertz CT molecular complexity index is 1160. The number of nitrogens with zero attached hydrogens (tertiary/aromatic N) is 5. The normalized spacial score (nSPS) is 21.7. The van der Waals surface area contributed by atoms with Crippen molar-refractivity contribution in [3.05, 3.63) is 58.7 Å². The molecule has 11 heteroatoms. The number of nitrogens with one attached hydrogen (secondary N) is 2. The number of H-pyrrole nitrogens is 1. The van der Waals surface area contributed by atoms with Gasteiger partial charge in [0.25, 0.3) is 0 Å². The summed E-state index contributed by atoms with van der Waals surface area (Å²) in [4.78, 5) is 19.6. The van der Waals surface area contributed by atoms with Gasteiger partial charge in [0.15, 0.2) is 5.82 Å². The molecule has 3 aromatic rings. The van der Waals surface area contributed by atoms with Crippen molar-refractivity contribution in [3.8, 4) is 5.75 Å². The third-order valence-electron chi connectivity index (χ3n) is 6.67. The zero-order chi connectivity index (χ0) is 22.9. The summed E-state index contributed by atoms with van der Waals surface area (Å²) in [5.74, 6) is 0.968. The molecule has 0 aliphatic carbocycles. The average molecular weight is 485 g/mol. The van der Waals surface area contributed by atoms with Gasteiger partial charge in [0, 0.05) is 43.0 Å². The van der Waals surface area contributed by atoms with E-state index in [-0.39, 0.29) is 42.7 Å². The van der Waals surface area contributed by atoms with Crippen LogP contribution in [0, 0.1) is 6.92 Å². The van der Waals surface area contributed by atoms with Gasteiger partial charge >= 0.3 is 0 Å². The van der Waals surface area contributed by atoms with E-state index in [1.54, 1.807) is 7.11 Å². The maximum absolute atomic E-state index is 12.5. The minimum Gasteiger partial charge on any atom is -0.495 e. The number of aromatic nitrogens is 5. The van der Waals surface area contributed by atoms with Crippen LogP contribution >= 0.6 is 12.4 Å². The summed E-state index contributed by atoms with van der Waals surface area (Å²) in [5, 5.41) is 16.4. The average Bonchev–Trinajstić information content (AvgIpc) is 3.31. The molecule has 5 rings (SSSR count). The van der Waals surface area contributed by atoms with Gasteiger partial charge in [-0.05, 0) is 60.7 Å². The Morgan fingerprint density at radius 2 is 2.21 bits per heavy atom. The minimum absolute atomic E-state index is 0. The molecule has 0 bridgehead atoms. The SMILES string of the molecule is COc1cc2c(cc1NC(=O)Cc1nn[nH]n1)CCN1C[C@H](c3cc(C)ccn3)[C@@H](N)C[C@@H]21.Cl. The summed E-state index contributed by atoms with van der Waals surface area (Å²) in [6.07, 6.45) is 3.65. The van der Waals surface area contributed by atoms with E-state index in [0.717, 1.165) is 31.6 Å². The van der Waals surface area contributed by atoms with Crippen LogP contribution in [0.3, 0.4) is 0 Å². The molecule has 2 aromatic heterocycles. The summed E-state index contributed by atoms with van der Waals surface area (Å²) in [6.45, 7) is 3.91. The van der Waals surface area contributed by atoms with Crippen LogP contribution in [0.2, 0.25) is 0 Å². The van der Waals surface area contributed by atoms with E-state index in [4.69, 9.17) is 10.5 Å². The van der Waals surface area contributed by atoms with Crippen LogP contribution in [0.1, 0.15) is 46.6 Å². The summed E-state index contributed by atoms with van der Waals surface area (Å²) in [6, 6.07) is 8.49. The van der Waals surface area contributed by atoms with Gasteiger partial charge in [-0.3, -0.25) is 14.7 Å². The van der Waals surface area contributed by atoms with Crippen LogP contribution in [0.4, 0.5) is 5.69 Å². The Kier molecular flexibility index (Phi) is 7.11. The van der Waals surface area contributed by atoms with Gasteiger partial charge in [-0.25, -0.2) is 0 Å². The Labute approximate surface area is 204 Å². The summed E-state index contributed by atoms with van der Waals surface area (Å²) in [5.41, 5.74) is 12.0. The number of hydrogen-bond acceptors (Lipinski definition) is 8. The predicted molar refractivity (Wildman–Crippen MR) is 129 cm³/mol. The predicted octanol–water partition coefficient (Wildman–Crippen LogP) is 1.93. The summed E-state index contributed by atoms with van der Waals surface area (Å²) in [7, 11) is 1.61. The number of anilines is 1. The zero-order valence-electron chi connectivity index (χ0n) is 19.2. The molecule has 0 unspecified atom stereocenters. The molecule has 3 atom stereocenters. The van der Waals surface area contributed by atoms with Crippen molar-refractivity contribution in [2.45, 2.75) is 44.2 Å². The molecule has 180 valence electrons. The van der Waals surface area contributed by atoms with Gasteiger partial charge in [-0.15, -0.1) is 22.6 Å². The number of pyridine rings is 1. The number of aromatic amines is 1. The van der Waals surface area contributed by atoms with Gasteiger partial charge in [0.05, 0.1) is 19.2 Å². The van der Waals surface area contributed by atoms with Crippen LogP contribution < -0.4 is 15.8 Å². The summed E-state index contributed by atoms with van der Waals surface area (Å²) >= 11 is 0. The van der Waals surface area contributed by atoms with E-state index in [9.17, 15) is 4.79 Å². The number of aryl methyl sites for hydroxylation is 1. The molecule has 1 amide bonds. The number of carbonyl (C=O) groups excluding carboxylic acids is 1. The lowest BCUT2D eigenvalue weighted by Crippen LogP contribution is -2.50. The molecular weight excluding hydrogens is 456 g/mol. The molecular formula is C23H29ClN8O2. The number of ether oxygens (including phenoxy) is 1. The fourth-order valence-corrected chi connectivity index (χ4v) is 5.03. The first-order valence-electron chi connectivity index (χ1n) is 11.2. The second-order valence-corrected chi connectivity index (χ2v) is 8.83. The van der Waals surface area contributed by atoms with Crippen molar-refractivity contribution < 1.29 is 9.53 Å². The smallest absolute Gasteiger partial charge is 0.232 e. The Morgan fingerprint density at radius 3 is 2.94 bits per heavy atom. The second kappa shape index (κ2) is 10.0. The van der Waals surface area contributed by atoms with E-state index in [2.05, 4.69) is 48.8 Å². The number of carbonyl (C=O) groups is 1. The van der Waals surface area contributed by atoms with E-state index in [0.29, 0.717) is 17.3 Å². The lowest BCUT2D eigenvalue weighted by atomic mass is 9.79. The molecule has 0 saturated carbocycles. The molecule has 1 saturated heterocycles. The lowest BCUT2D eigenvalue weighted by Gasteiger charge is -2.46. The Balaban J connectivity index is 0.00000274. The number of nitrogens with two attached hydrogens (primary N) is 1. The molecule has 1 fully saturated rings. The first kappa shape index (κ1) is 24.1. The van der Waals surface area contributed by atoms with Gasteiger partial charge < -0.3 is 15.8 Å². The number of halogens is 1. The van der Waals surface area contributed by atoms with Crippen LogP contribution in [0.15, 0.2) is 30.5 Å². The van der Waals surface area contributed by atoms with Gasteiger partial charge in [0.2, 0.25) is 5.91 Å². The first-order chi connectivity index (χ1) is 16.0. The maximum Gasteiger partial charge on any atom is 0.232 e. The van der Waals surface area contributed by atoms with E-state index >= 15 is 0 Å². The molecule has 34 heavy (non-hydrogen) atoms. The van der Waals surface area contributed by atoms with Crippen molar-refractivity contribution >= 4 is 24.0 Å². The second-order valence-electron chi connectivity index (χ2n) is 8.83. The fourth-order valence-electron chi connectivity index (χ4n) is 5.03. The Morgan fingerprint density at radius 1 is 1.35 bits per heavy atom. The molecule has 1 aromatic carbocycles. The first-order valence-corrected chi connectivity index (χ1v) is 11.2. The fraction of sp³-hybridized carbons (Fsp3) is 0.435. The number of hydrogen-bond donors (Lipinski definition) is 3. The number of rotatable bonds is 5. The molecule has 2 aliphatic rings. The van der Waals surface area contributed by atoms with Crippen molar-refractivity contribution in [1.29, 1.82) is 0 Å². The minimum atomic E-state index is -0.222. The molecule has 10 nitrogen and oxygen atoms in total. The molecule has 0 spiro atoms. The van der Waals surface area contributed by atoms with E-state index < -0.39 is 0 Å². The number of methoxy groups -OCH3 is 1. The molecule has 4 N–H and O–H groups in total. The standard InChI is InChI=1S/C23H28N8O2.ClH/c1-13-3-5-25-18(7-13)16-12-31-6-4-14-8-19(26-23(32)11-22-27-29-30-28-22)21(33-2)9-15(14)20(31)10-17(16)24;/h3,5,7-9,16-17,20H,4,6,10-12,24H2,1-2H3,(H,26,32)(H,27,28,29,30);1H/t16-,17-,20-;/m0./s1. The van der Waals surface area contributed by atoms with Crippen LogP contribution in [-0.4, -0.2) is 62.7 Å². The molecule has 2 aliphatic heterocycles. The monoisotopic (exact) mass is 484 g/mol. The van der Waals surface area contributed by atoms with Gasteiger partial charge in [-0.2, -0.15) is 5.21 Å². The highest BCUT2D eigenvalue weighted by atomic mass is 35.5. The van der Waals surface area contributed by atoms with Crippen LogP contribution in [0.25, 0.3) is 0 Å². The number of tetrazole rings is 1. The van der Waals surface area contributed by atoms with Crippen LogP contribution in [-0.2, 0) is 17.6 Å². The van der Waals surface area contributed by atoms with Crippen molar-refractivity contribution in [2.75, 3.05) is 25.5 Å². The number of benzene rings is 1. The largest absolute Gasteiger partial charge is 0.495 e. The lowest BCUT2D eigenvalue weighted by molar-refractivity contribution is -0.115. The Hall–Kier alpha value is -3.08. The third-order valence-corrected chi connectivity index (χ3v) is 6.67. The van der Waals surface area contributed by atoms with Crippen molar-refractivity contribution in [1.82, 2.24) is 30.5 Å². The quantitative estimate of drug-likeness (QED) is 0.500. The highest BCUT2D eigenvalue weighted by Gasteiger charge is 2.39. The van der Waals surface area contributed by atoms with Crippen molar-refractivity contribution in [2.24, 2.45) is 5.73 Å². The number of amides is 1. The maximum atomic E-state index is 12.5. The number of fused-ring (bicyclic) bond motifs is 3. The highest BCUT2D eigenvalue weighted by Crippen LogP contribution is 2.43. The van der Waals surface area contributed by atoms with Gasteiger partial charge in [0.1, 0.15) is 5.75 Å².